The van der Waals surface area contributed by atoms with Crippen LogP contribution in [0.5, 0.6) is 0 Å². The molecule has 2 aromatic rings. The van der Waals surface area contributed by atoms with Gasteiger partial charge in [0.1, 0.15) is 0 Å². The molecule has 1 aromatic heterocycles. The Labute approximate surface area is 172 Å². The highest BCUT2D eigenvalue weighted by atomic mass is 32.2. The Morgan fingerprint density at radius 3 is 2.17 bits per heavy atom. The molecule has 0 atom stereocenters. The molecule has 0 bridgehead atoms. The monoisotopic (exact) mass is 420 g/mol. The lowest BCUT2D eigenvalue weighted by atomic mass is 10.1. The molecular formula is C21H28N2O5S. The molecule has 0 fully saturated rings. The third-order valence-corrected chi connectivity index (χ3v) is 7.23. The van der Waals surface area contributed by atoms with Crippen molar-refractivity contribution >= 4 is 21.8 Å². The van der Waals surface area contributed by atoms with Crippen LogP contribution in [-0.4, -0.2) is 48.7 Å². The fourth-order valence-corrected chi connectivity index (χ4v) is 4.60. The maximum Gasteiger partial charge on any atom is 0.338 e. The van der Waals surface area contributed by atoms with Crippen molar-refractivity contribution in [2.45, 2.75) is 39.5 Å². The Bertz CT molecular complexity index is 1030. The summed E-state index contributed by atoms with van der Waals surface area (Å²) in [5.41, 5.74) is 2.95. The van der Waals surface area contributed by atoms with Crippen LogP contribution in [-0.2, 0) is 21.8 Å². The zero-order valence-electron chi connectivity index (χ0n) is 17.8. The highest BCUT2D eigenvalue weighted by Gasteiger charge is 2.24. The van der Waals surface area contributed by atoms with E-state index in [1.54, 1.807) is 32.9 Å². The number of ketones is 1. The van der Waals surface area contributed by atoms with Crippen LogP contribution in [0.4, 0.5) is 0 Å². The Morgan fingerprint density at radius 1 is 1.03 bits per heavy atom. The number of carbonyl (C=O) groups is 2. The van der Waals surface area contributed by atoms with E-state index in [0.717, 1.165) is 11.4 Å². The summed E-state index contributed by atoms with van der Waals surface area (Å²) >= 11 is 0. The molecule has 0 radical (unpaired) electrons. The second-order valence-electron chi connectivity index (χ2n) is 6.91. The summed E-state index contributed by atoms with van der Waals surface area (Å²) < 4.78 is 33.9. The molecule has 0 aliphatic heterocycles. The number of ether oxygens (including phenoxy) is 1. The van der Waals surface area contributed by atoms with Gasteiger partial charge in [0.05, 0.1) is 10.5 Å². The van der Waals surface area contributed by atoms with Gasteiger partial charge in [-0.15, -0.1) is 0 Å². The molecule has 7 nitrogen and oxygen atoms in total. The zero-order valence-corrected chi connectivity index (χ0v) is 18.6. The quantitative estimate of drug-likeness (QED) is 0.484. The van der Waals surface area contributed by atoms with Crippen molar-refractivity contribution in [1.29, 1.82) is 0 Å². The van der Waals surface area contributed by atoms with Gasteiger partial charge in [-0.05, 0) is 44.5 Å². The van der Waals surface area contributed by atoms with Gasteiger partial charge >= 0.3 is 5.97 Å². The smallest absolute Gasteiger partial charge is 0.338 e. The van der Waals surface area contributed by atoms with Crippen molar-refractivity contribution in [3.05, 3.63) is 52.3 Å². The van der Waals surface area contributed by atoms with Gasteiger partial charge in [0, 0.05) is 37.1 Å². The minimum Gasteiger partial charge on any atom is -0.454 e. The van der Waals surface area contributed by atoms with Crippen LogP contribution in [0.2, 0.25) is 0 Å². The van der Waals surface area contributed by atoms with Crippen LogP contribution in [0.3, 0.4) is 0 Å². The topological polar surface area (TPSA) is 85.7 Å². The number of benzene rings is 1. The Morgan fingerprint density at radius 2 is 1.66 bits per heavy atom. The minimum absolute atomic E-state index is 0.0274. The SMILES string of the molecule is CCN(CC)S(=O)(=O)c1ccc(C)c(C(=O)OCC(=O)c2cc(C)n(C)c2C)c1. The maximum atomic E-state index is 12.7. The molecule has 0 saturated carbocycles. The van der Waals surface area contributed by atoms with Gasteiger partial charge in [0.15, 0.2) is 6.61 Å². The summed E-state index contributed by atoms with van der Waals surface area (Å²) in [5, 5.41) is 0. The highest BCUT2D eigenvalue weighted by molar-refractivity contribution is 7.89. The lowest BCUT2D eigenvalue weighted by Gasteiger charge is -2.19. The summed E-state index contributed by atoms with van der Waals surface area (Å²) in [6.45, 7) is 9.17. The minimum atomic E-state index is -3.70. The first-order chi connectivity index (χ1) is 13.5. The number of Topliss-reactive ketones (excluding diaryl/α,β-unsaturated/α-hetero) is 1. The number of hydrogen-bond donors (Lipinski definition) is 0. The second-order valence-corrected chi connectivity index (χ2v) is 8.85. The van der Waals surface area contributed by atoms with Gasteiger partial charge in [-0.1, -0.05) is 19.9 Å². The van der Waals surface area contributed by atoms with Crippen LogP contribution >= 0.6 is 0 Å². The van der Waals surface area contributed by atoms with E-state index in [2.05, 4.69) is 0 Å². The lowest BCUT2D eigenvalue weighted by molar-refractivity contribution is 0.0473. The highest BCUT2D eigenvalue weighted by Crippen LogP contribution is 2.21. The molecule has 0 aliphatic carbocycles. The molecular weight excluding hydrogens is 392 g/mol. The molecule has 0 amide bonds. The number of sulfonamides is 1. The molecule has 0 unspecified atom stereocenters. The molecule has 0 saturated heterocycles. The molecule has 0 aliphatic rings. The fourth-order valence-electron chi connectivity index (χ4n) is 3.12. The number of aryl methyl sites for hydroxylation is 2. The van der Waals surface area contributed by atoms with E-state index in [9.17, 15) is 18.0 Å². The van der Waals surface area contributed by atoms with Gasteiger partial charge in [-0.3, -0.25) is 4.79 Å². The predicted molar refractivity (Wildman–Crippen MR) is 111 cm³/mol. The average molecular weight is 421 g/mol. The normalized spacial score (nSPS) is 11.7. The first kappa shape index (κ1) is 22.8. The van der Waals surface area contributed by atoms with Crippen LogP contribution in [0.15, 0.2) is 29.2 Å². The van der Waals surface area contributed by atoms with Gasteiger partial charge in [0.25, 0.3) is 0 Å². The largest absolute Gasteiger partial charge is 0.454 e. The molecule has 158 valence electrons. The Balaban J connectivity index is 2.23. The first-order valence-corrected chi connectivity index (χ1v) is 10.9. The number of carbonyl (C=O) groups excluding carboxylic acids is 2. The van der Waals surface area contributed by atoms with E-state index in [-0.39, 0.29) is 16.2 Å². The summed E-state index contributed by atoms with van der Waals surface area (Å²) in [6, 6.07) is 6.11. The van der Waals surface area contributed by atoms with Crippen molar-refractivity contribution in [2.24, 2.45) is 7.05 Å². The average Bonchev–Trinajstić information content (AvgIpc) is 2.94. The predicted octanol–water partition coefficient (Wildman–Crippen LogP) is 3.02. The number of nitrogens with zero attached hydrogens (tertiary/aromatic N) is 2. The zero-order chi connectivity index (χ0) is 21.9. The van der Waals surface area contributed by atoms with Crippen molar-refractivity contribution in [3.63, 3.8) is 0 Å². The molecule has 29 heavy (non-hydrogen) atoms. The number of aromatic nitrogens is 1. The molecule has 2 rings (SSSR count). The van der Waals surface area contributed by atoms with Gasteiger partial charge in [-0.2, -0.15) is 4.31 Å². The van der Waals surface area contributed by atoms with E-state index in [1.807, 2.05) is 25.5 Å². The van der Waals surface area contributed by atoms with Crippen molar-refractivity contribution < 1.29 is 22.7 Å². The summed E-state index contributed by atoms with van der Waals surface area (Å²) in [6.07, 6.45) is 0. The van der Waals surface area contributed by atoms with E-state index >= 15 is 0 Å². The van der Waals surface area contributed by atoms with Crippen LogP contribution < -0.4 is 0 Å². The van der Waals surface area contributed by atoms with Gasteiger partial charge in [0.2, 0.25) is 15.8 Å². The molecule has 0 spiro atoms. The maximum absolute atomic E-state index is 12.7. The van der Waals surface area contributed by atoms with Crippen molar-refractivity contribution in [3.8, 4) is 0 Å². The molecule has 1 heterocycles. The number of rotatable bonds is 8. The molecule has 0 N–H and O–H groups in total. The third kappa shape index (κ3) is 4.59. The number of hydrogen-bond acceptors (Lipinski definition) is 5. The Hall–Kier alpha value is -2.45. The molecule has 1 aromatic carbocycles. The van der Waals surface area contributed by atoms with E-state index in [1.165, 1.54) is 16.4 Å². The number of esters is 1. The Kier molecular flexibility index (Phi) is 7.02. The van der Waals surface area contributed by atoms with E-state index in [0.29, 0.717) is 24.2 Å². The van der Waals surface area contributed by atoms with Crippen LogP contribution in [0.25, 0.3) is 0 Å². The fraction of sp³-hybridized carbons (Fsp3) is 0.429. The lowest BCUT2D eigenvalue weighted by Crippen LogP contribution is -2.30. The summed E-state index contributed by atoms with van der Waals surface area (Å²) in [4.78, 5) is 25.0. The van der Waals surface area contributed by atoms with E-state index < -0.39 is 22.6 Å². The summed E-state index contributed by atoms with van der Waals surface area (Å²) in [7, 11) is -1.84. The van der Waals surface area contributed by atoms with E-state index in [4.69, 9.17) is 4.74 Å². The standard InChI is InChI=1S/C21H28N2O5S/c1-7-23(8-2)29(26,27)17-10-9-14(3)18(12-17)21(25)28-13-20(24)19-11-15(4)22(6)16(19)5/h9-12H,7-8,13H2,1-6H3. The van der Waals surface area contributed by atoms with Crippen LogP contribution in [0.1, 0.15) is 51.5 Å². The summed E-state index contributed by atoms with van der Waals surface area (Å²) in [5.74, 6) is -1.03. The van der Waals surface area contributed by atoms with Crippen molar-refractivity contribution in [1.82, 2.24) is 8.87 Å². The second kappa shape index (κ2) is 8.92. The van der Waals surface area contributed by atoms with Gasteiger partial charge < -0.3 is 9.30 Å². The van der Waals surface area contributed by atoms with Gasteiger partial charge in [-0.25, -0.2) is 13.2 Å². The first-order valence-electron chi connectivity index (χ1n) is 9.48. The van der Waals surface area contributed by atoms with Crippen LogP contribution in [0, 0.1) is 20.8 Å². The molecule has 8 heteroatoms. The van der Waals surface area contributed by atoms with Crippen molar-refractivity contribution in [2.75, 3.05) is 19.7 Å². The third-order valence-electron chi connectivity index (χ3n) is 5.18.